The first-order valence-corrected chi connectivity index (χ1v) is 10.9. The Morgan fingerprint density at radius 2 is 1.58 bits per heavy atom. The van der Waals surface area contributed by atoms with Gasteiger partial charge >= 0.3 is 12.4 Å². The van der Waals surface area contributed by atoms with E-state index >= 15 is 0 Å². The van der Waals surface area contributed by atoms with Crippen molar-refractivity contribution < 1.29 is 33.9 Å². The summed E-state index contributed by atoms with van der Waals surface area (Å²) in [4.78, 5) is 22.7. The van der Waals surface area contributed by atoms with Crippen LogP contribution in [0.3, 0.4) is 0 Å². The molecule has 15 heteroatoms. The van der Waals surface area contributed by atoms with Gasteiger partial charge in [-0.25, -0.2) is 9.97 Å². The van der Waals surface area contributed by atoms with Crippen molar-refractivity contribution >= 4 is 17.6 Å². The second kappa shape index (κ2) is 11.4. The highest BCUT2D eigenvalue weighted by Crippen LogP contribution is 2.30. The van der Waals surface area contributed by atoms with Gasteiger partial charge in [-0.2, -0.15) is 41.3 Å². The lowest BCUT2D eigenvalue weighted by Crippen LogP contribution is -2.17. The molecule has 0 amide bonds. The molecule has 198 valence electrons. The molecule has 0 aromatic carbocycles. The number of nitrogens with zero attached hydrogens (tertiary/aromatic N) is 6. The molecule has 0 bridgehead atoms. The van der Waals surface area contributed by atoms with Crippen molar-refractivity contribution in [1.82, 2.24) is 29.9 Å². The number of aromatic nitrogens is 6. The van der Waals surface area contributed by atoms with E-state index in [4.69, 9.17) is 4.74 Å². The fourth-order valence-electron chi connectivity index (χ4n) is 3.01. The summed E-state index contributed by atoms with van der Waals surface area (Å²) in [5.41, 5.74) is -2.39. The maximum Gasteiger partial charge on any atom is 0.433 e. The molecule has 1 fully saturated rings. The third-order valence-corrected chi connectivity index (χ3v) is 4.66. The molecule has 1 aliphatic heterocycles. The Kier molecular flexibility index (Phi) is 8.55. The van der Waals surface area contributed by atoms with Gasteiger partial charge in [0, 0.05) is 40.0 Å². The average Bonchev–Trinajstić information content (AvgIpc) is 3.37. The third-order valence-electron chi connectivity index (χ3n) is 4.66. The van der Waals surface area contributed by atoms with Crippen molar-refractivity contribution in [2.24, 2.45) is 5.92 Å². The quantitative estimate of drug-likeness (QED) is 0.409. The lowest BCUT2D eigenvalue weighted by atomic mass is 10.1. The van der Waals surface area contributed by atoms with Crippen molar-refractivity contribution in [2.45, 2.75) is 32.6 Å². The van der Waals surface area contributed by atoms with E-state index in [0.717, 1.165) is 24.9 Å². The van der Waals surface area contributed by atoms with Gasteiger partial charge in [-0.1, -0.05) is 13.8 Å². The molecule has 3 aromatic heterocycles. The third kappa shape index (κ3) is 7.19. The zero-order chi connectivity index (χ0) is 26.3. The van der Waals surface area contributed by atoms with Crippen molar-refractivity contribution in [3.63, 3.8) is 0 Å². The molecule has 9 nitrogen and oxygen atoms in total. The van der Waals surface area contributed by atoms with Crippen molar-refractivity contribution in [2.75, 3.05) is 30.4 Å². The van der Waals surface area contributed by atoms with E-state index in [2.05, 4.69) is 40.5 Å². The van der Waals surface area contributed by atoms with Crippen LogP contribution in [0, 0.1) is 5.92 Å². The molecule has 3 aromatic rings. The van der Waals surface area contributed by atoms with Crippen molar-refractivity contribution in [3.05, 3.63) is 42.0 Å². The van der Waals surface area contributed by atoms with Crippen LogP contribution < -0.4 is 10.6 Å². The van der Waals surface area contributed by atoms with E-state index in [1.807, 2.05) is 13.8 Å². The Labute approximate surface area is 204 Å². The van der Waals surface area contributed by atoms with Gasteiger partial charge in [-0.3, -0.25) is 4.98 Å². The van der Waals surface area contributed by atoms with E-state index < -0.39 is 29.6 Å². The van der Waals surface area contributed by atoms with E-state index in [9.17, 15) is 26.3 Å². The summed E-state index contributed by atoms with van der Waals surface area (Å²) in [7, 11) is 0. The second-order valence-corrected chi connectivity index (χ2v) is 7.23. The van der Waals surface area contributed by atoms with Crippen LogP contribution in [0.2, 0.25) is 0 Å². The van der Waals surface area contributed by atoms with Gasteiger partial charge in [-0.15, -0.1) is 0 Å². The first-order valence-electron chi connectivity index (χ1n) is 10.9. The van der Waals surface area contributed by atoms with Crippen LogP contribution >= 0.6 is 0 Å². The summed E-state index contributed by atoms with van der Waals surface area (Å²) in [5, 5.41) is 5.55. The number of hydrogen-bond acceptors (Lipinski definition) is 9. The van der Waals surface area contributed by atoms with Crippen LogP contribution in [-0.4, -0.2) is 49.7 Å². The minimum atomic E-state index is -4.72. The number of halogens is 6. The van der Waals surface area contributed by atoms with E-state index in [1.165, 1.54) is 6.07 Å². The summed E-state index contributed by atoms with van der Waals surface area (Å²) in [6, 6.07) is 2.69. The van der Waals surface area contributed by atoms with Gasteiger partial charge in [0.2, 0.25) is 17.7 Å². The Morgan fingerprint density at radius 1 is 0.889 bits per heavy atom. The van der Waals surface area contributed by atoms with Gasteiger partial charge in [0.15, 0.2) is 5.82 Å². The molecule has 36 heavy (non-hydrogen) atoms. The largest absolute Gasteiger partial charge is 0.433 e. The molecule has 2 N–H and O–H groups in total. The normalized spacial score (nSPS) is 15.7. The number of anilines is 3. The monoisotopic (exact) mass is 520 g/mol. The zero-order valence-corrected chi connectivity index (χ0v) is 19.2. The summed E-state index contributed by atoms with van der Waals surface area (Å²) in [6.45, 7) is 5.52. The fourth-order valence-corrected chi connectivity index (χ4v) is 3.01. The molecule has 1 unspecified atom stereocenters. The van der Waals surface area contributed by atoms with Gasteiger partial charge < -0.3 is 15.4 Å². The van der Waals surface area contributed by atoms with Crippen LogP contribution in [-0.2, 0) is 17.1 Å². The van der Waals surface area contributed by atoms with Crippen LogP contribution in [0.5, 0.6) is 0 Å². The molecule has 0 aliphatic carbocycles. The van der Waals surface area contributed by atoms with Gasteiger partial charge in [0.05, 0.1) is 6.61 Å². The summed E-state index contributed by atoms with van der Waals surface area (Å²) < 4.78 is 83.5. The second-order valence-electron chi connectivity index (χ2n) is 7.23. The van der Waals surface area contributed by atoms with E-state index in [-0.39, 0.29) is 32.2 Å². The minimum absolute atomic E-state index is 0. The van der Waals surface area contributed by atoms with Crippen molar-refractivity contribution in [3.8, 4) is 11.6 Å². The number of rotatable bonds is 6. The fraction of sp³-hybridized carbons (Fsp3) is 0.429. The number of pyridine rings is 1. The molecule has 1 aliphatic rings. The Balaban J connectivity index is 0.00000176. The molecule has 0 radical (unpaired) electrons. The smallest absolute Gasteiger partial charge is 0.381 e. The number of alkyl halides is 6. The summed E-state index contributed by atoms with van der Waals surface area (Å²) in [6.07, 6.45) is -6.75. The first kappa shape index (κ1) is 27.0. The summed E-state index contributed by atoms with van der Waals surface area (Å²) >= 11 is 0. The molecular formula is C21H26F6N8O. The maximum absolute atomic E-state index is 13.1. The topological polar surface area (TPSA) is 111 Å². The highest BCUT2D eigenvalue weighted by Gasteiger charge is 2.34. The zero-order valence-electron chi connectivity index (χ0n) is 19.2. The molecule has 1 saturated heterocycles. The lowest BCUT2D eigenvalue weighted by Gasteiger charge is -2.13. The minimum Gasteiger partial charge on any atom is -0.381 e. The molecule has 4 heterocycles. The summed E-state index contributed by atoms with van der Waals surface area (Å²) in [5.74, 6) is -0.825. The van der Waals surface area contributed by atoms with E-state index in [0.29, 0.717) is 25.8 Å². The molecule has 0 spiro atoms. The van der Waals surface area contributed by atoms with Crippen LogP contribution in [0.4, 0.5) is 43.9 Å². The Hall–Kier alpha value is -3.62. The highest BCUT2D eigenvalue weighted by molar-refractivity contribution is 5.57. The van der Waals surface area contributed by atoms with Crippen molar-refractivity contribution in [1.29, 1.82) is 0 Å². The predicted octanol–water partition coefficient (Wildman–Crippen LogP) is 5.47. The molecule has 0 saturated carbocycles. The Morgan fingerprint density at radius 3 is 2.25 bits per heavy atom. The van der Waals surface area contributed by atoms with E-state index in [1.54, 1.807) is 0 Å². The average molecular weight is 520 g/mol. The standard InChI is InChI=1S/C19H16F6N8O.C2H6.2H2/c20-18(21,22)12-2-5-27-14(30-12)15-31-16(28-8-10-3-6-34-9-10)33-17(32-15)29-11-1-4-26-13(7-11)19(23,24)25;1-2;;/h1-2,4-5,7,10H,3,6,8-9H2,(H2,26,28,29,31,32,33);1-2H3;2*1H. The van der Waals surface area contributed by atoms with Gasteiger partial charge in [0.25, 0.3) is 0 Å². The maximum atomic E-state index is 13.1. The number of nitrogens with one attached hydrogen (secondary N) is 2. The van der Waals surface area contributed by atoms with Gasteiger partial charge in [-0.05, 0) is 24.6 Å². The SMILES string of the molecule is CC.FC(F)(F)c1cc(Nc2nc(NCC3CCOC3)nc(-c3nccc(C(F)(F)F)n3)n2)ccn1.[HH].[HH]. The van der Waals surface area contributed by atoms with Crippen LogP contribution in [0.1, 0.15) is 34.5 Å². The highest BCUT2D eigenvalue weighted by atomic mass is 19.4. The predicted molar refractivity (Wildman–Crippen MR) is 121 cm³/mol. The molecule has 4 rings (SSSR count). The molecular weight excluding hydrogens is 494 g/mol. The first-order chi connectivity index (χ1) is 17.1. The van der Waals surface area contributed by atoms with Gasteiger partial charge in [0.1, 0.15) is 11.4 Å². The Bertz CT molecular complexity index is 1160. The molecule has 1 atom stereocenters. The number of ether oxygens (including phenoxy) is 1. The lowest BCUT2D eigenvalue weighted by molar-refractivity contribution is -0.141. The van der Waals surface area contributed by atoms with Crippen LogP contribution in [0.15, 0.2) is 30.6 Å². The van der Waals surface area contributed by atoms with Crippen LogP contribution in [0.25, 0.3) is 11.6 Å². The number of hydrogen-bond donors (Lipinski definition) is 2.